The predicted molar refractivity (Wildman–Crippen MR) is 73.1 cm³/mol. The van der Waals surface area contributed by atoms with Crippen molar-refractivity contribution in [3.63, 3.8) is 0 Å². The molecule has 0 radical (unpaired) electrons. The lowest BCUT2D eigenvalue weighted by Crippen LogP contribution is -2.32. The second-order valence-corrected chi connectivity index (χ2v) is 5.47. The predicted octanol–water partition coefficient (Wildman–Crippen LogP) is 2.90. The molecular formula is C15H24N2. The molecule has 2 heteroatoms. The Morgan fingerprint density at radius 1 is 1.18 bits per heavy atom. The third-order valence-corrected chi connectivity index (χ3v) is 3.83. The van der Waals surface area contributed by atoms with E-state index in [1.54, 1.807) is 0 Å². The third kappa shape index (κ3) is 2.88. The van der Waals surface area contributed by atoms with Crippen molar-refractivity contribution in [2.24, 2.45) is 5.73 Å². The normalized spacial score (nSPS) is 17.8. The van der Waals surface area contributed by atoms with Crippen LogP contribution in [0.1, 0.15) is 49.8 Å². The minimum absolute atomic E-state index is 0.378. The standard InChI is InChI=1S/C15H24N2/c1-11(2)12-4-6-13(7-5-12)15(10-16)17(3)14-8-9-14/h4-7,11,14-15H,8-10,16H2,1-3H3. The van der Waals surface area contributed by atoms with Crippen molar-refractivity contribution in [3.8, 4) is 0 Å². The summed E-state index contributed by atoms with van der Waals surface area (Å²) in [7, 11) is 2.20. The molecule has 94 valence electrons. The van der Waals surface area contributed by atoms with E-state index in [4.69, 9.17) is 5.73 Å². The third-order valence-electron chi connectivity index (χ3n) is 3.83. The molecule has 1 saturated carbocycles. The van der Waals surface area contributed by atoms with Gasteiger partial charge in [0.25, 0.3) is 0 Å². The van der Waals surface area contributed by atoms with Gasteiger partial charge in [-0.3, -0.25) is 4.90 Å². The van der Waals surface area contributed by atoms with Crippen LogP contribution < -0.4 is 5.73 Å². The molecule has 2 rings (SSSR count). The zero-order valence-electron chi connectivity index (χ0n) is 11.2. The molecule has 0 spiro atoms. The summed E-state index contributed by atoms with van der Waals surface area (Å²) in [5.41, 5.74) is 8.68. The van der Waals surface area contributed by atoms with E-state index in [1.165, 1.54) is 24.0 Å². The molecule has 0 aliphatic heterocycles. The molecule has 1 fully saturated rings. The van der Waals surface area contributed by atoms with Crippen molar-refractivity contribution in [2.75, 3.05) is 13.6 Å². The van der Waals surface area contributed by atoms with E-state index in [-0.39, 0.29) is 0 Å². The van der Waals surface area contributed by atoms with Crippen LogP contribution in [0, 0.1) is 0 Å². The van der Waals surface area contributed by atoms with Crippen LogP contribution in [0.15, 0.2) is 24.3 Å². The Bertz CT molecular complexity index is 352. The van der Waals surface area contributed by atoms with E-state index in [1.807, 2.05) is 0 Å². The molecule has 1 aromatic carbocycles. The van der Waals surface area contributed by atoms with Crippen molar-refractivity contribution in [1.82, 2.24) is 4.90 Å². The van der Waals surface area contributed by atoms with Crippen molar-refractivity contribution in [3.05, 3.63) is 35.4 Å². The van der Waals surface area contributed by atoms with Gasteiger partial charge < -0.3 is 5.73 Å². The lowest BCUT2D eigenvalue weighted by Gasteiger charge is -2.27. The van der Waals surface area contributed by atoms with Crippen LogP contribution in [-0.4, -0.2) is 24.5 Å². The van der Waals surface area contributed by atoms with Crippen LogP contribution >= 0.6 is 0 Å². The summed E-state index contributed by atoms with van der Waals surface area (Å²) >= 11 is 0. The number of benzene rings is 1. The van der Waals surface area contributed by atoms with Gasteiger partial charge in [-0.2, -0.15) is 0 Å². The molecule has 1 aliphatic carbocycles. The number of nitrogens with zero attached hydrogens (tertiary/aromatic N) is 1. The monoisotopic (exact) mass is 232 g/mol. The summed E-state index contributed by atoms with van der Waals surface area (Å²) in [6, 6.07) is 10.1. The van der Waals surface area contributed by atoms with Gasteiger partial charge >= 0.3 is 0 Å². The zero-order chi connectivity index (χ0) is 12.4. The fraction of sp³-hybridized carbons (Fsp3) is 0.600. The Kier molecular flexibility index (Phi) is 3.85. The number of likely N-dealkylation sites (N-methyl/N-ethyl adjacent to an activating group) is 1. The highest BCUT2D eigenvalue weighted by atomic mass is 15.2. The maximum absolute atomic E-state index is 5.93. The Morgan fingerprint density at radius 3 is 2.12 bits per heavy atom. The average Bonchev–Trinajstić information content (AvgIpc) is 3.14. The lowest BCUT2D eigenvalue weighted by molar-refractivity contribution is 0.240. The van der Waals surface area contributed by atoms with Gasteiger partial charge in [0.2, 0.25) is 0 Å². The fourth-order valence-electron chi connectivity index (χ4n) is 2.38. The first kappa shape index (κ1) is 12.6. The van der Waals surface area contributed by atoms with Gasteiger partial charge in [0.1, 0.15) is 0 Å². The Morgan fingerprint density at radius 2 is 1.71 bits per heavy atom. The summed E-state index contributed by atoms with van der Waals surface area (Å²) in [5.74, 6) is 0.599. The molecule has 2 N–H and O–H groups in total. The molecular weight excluding hydrogens is 208 g/mol. The molecule has 1 unspecified atom stereocenters. The molecule has 1 aliphatic rings. The summed E-state index contributed by atoms with van der Waals surface area (Å²) < 4.78 is 0. The van der Waals surface area contributed by atoms with E-state index in [0.717, 1.165) is 6.04 Å². The molecule has 2 nitrogen and oxygen atoms in total. The average molecular weight is 232 g/mol. The van der Waals surface area contributed by atoms with Gasteiger partial charge in [-0.1, -0.05) is 38.1 Å². The molecule has 0 saturated heterocycles. The first-order chi connectivity index (χ1) is 8.13. The van der Waals surface area contributed by atoms with Crippen molar-refractivity contribution in [1.29, 1.82) is 0 Å². The second kappa shape index (κ2) is 5.19. The summed E-state index contributed by atoms with van der Waals surface area (Å²) in [6.07, 6.45) is 2.66. The van der Waals surface area contributed by atoms with Gasteiger partial charge in [-0.05, 0) is 36.9 Å². The topological polar surface area (TPSA) is 29.3 Å². The fourth-order valence-corrected chi connectivity index (χ4v) is 2.38. The smallest absolute Gasteiger partial charge is 0.0470 e. The zero-order valence-corrected chi connectivity index (χ0v) is 11.2. The Hall–Kier alpha value is -0.860. The summed E-state index contributed by atoms with van der Waals surface area (Å²) in [6.45, 7) is 5.16. The van der Waals surface area contributed by atoms with Crippen molar-refractivity contribution >= 4 is 0 Å². The summed E-state index contributed by atoms with van der Waals surface area (Å²) in [4.78, 5) is 2.43. The van der Waals surface area contributed by atoms with Gasteiger partial charge in [-0.15, -0.1) is 0 Å². The summed E-state index contributed by atoms with van der Waals surface area (Å²) in [5, 5.41) is 0. The molecule has 0 amide bonds. The van der Waals surface area contributed by atoms with Crippen LogP contribution in [0.25, 0.3) is 0 Å². The van der Waals surface area contributed by atoms with Gasteiger partial charge in [-0.25, -0.2) is 0 Å². The number of hydrogen-bond donors (Lipinski definition) is 1. The van der Waals surface area contributed by atoms with E-state index in [2.05, 4.69) is 50.1 Å². The molecule has 0 bridgehead atoms. The van der Waals surface area contributed by atoms with Crippen molar-refractivity contribution < 1.29 is 0 Å². The lowest BCUT2D eigenvalue weighted by atomic mass is 9.98. The molecule has 17 heavy (non-hydrogen) atoms. The highest BCUT2D eigenvalue weighted by Crippen LogP contribution is 2.32. The van der Waals surface area contributed by atoms with Crippen LogP contribution in [0.5, 0.6) is 0 Å². The molecule has 0 heterocycles. The van der Waals surface area contributed by atoms with Gasteiger partial charge in [0.05, 0.1) is 0 Å². The van der Waals surface area contributed by atoms with Gasteiger partial charge in [0.15, 0.2) is 0 Å². The maximum Gasteiger partial charge on any atom is 0.0470 e. The quantitative estimate of drug-likeness (QED) is 0.846. The minimum atomic E-state index is 0.378. The second-order valence-electron chi connectivity index (χ2n) is 5.47. The maximum atomic E-state index is 5.93. The molecule has 0 aromatic heterocycles. The molecule has 1 atom stereocenters. The van der Waals surface area contributed by atoms with E-state index in [0.29, 0.717) is 18.5 Å². The Labute approximate surface area is 105 Å². The van der Waals surface area contributed by atoms with Gasteiger partial charge in [0, 0.05) is 18.6 Å². The highest BCUT2D eigenvalue weighted by Gasteiger charge is 2.31. The van der Waals surface area contributed by atoms with Crippen LogP contribution in [0.3, 0.4) is 0 Å². The number of nitrogens with two attached hydrogens (primary N) is 1. The first-order valence-corrected chi connectivity index (χ1v) is 6.65. The number of rotatable bonds is 5. The largest absolute Gasteiger partial charge is 0.329 e. The Balaban J connectivity index is 2.13. The SMILES string of the molecule is CC(C)c1ccc(C(CN)N(C)C2CC2)cc1. The molecule has 1 aromatic rings. The minimum Gasteiger partial charge on any atom is -0.329 e. The van der Waals surface area contributed by atoms with Crippen LogP contribution in [0.2, 0.25) is 0 Å². The van der Waals surface area contributed by atoms with E-state index < -0.39 is 0 Å². The van der Waals surface area contributed by atoms with E-state index in [9.17, 15) is 0 Å². The van der Waals surface area contributed by atoms with Crippen LogP contribution in [0.4, 0.5) is 0 Å². The van der Waals surface area contributed by atoms with Crippen molar-refractivity contribution in [2.45, 2.75) is 44.7 Å². The highest BCUT2D eigenvalue weighted by molar-refractivity contribution is 5.27. The number of hydrogen-bond acceptors (Lipinski definition) is 2. The first-order valence-electron chi connectivity index (χ1n) is 6.65. The van der Waals surface area contributed by atoms with Crippen LogP contribution in [-0.2, 0) is 0 Å². The van der Waals surface area contributed by atoms with E-state index >= 15 is 0 Å².